The SMILES string of the molecule is O=[N+]([O-])c1cncc(Br)c1N1CCCC1C1CCCN1. The Kier molecular flexibility index (Phi) is 3.89. The molecule has 0 amide bonds. The number of halogens is 1. The van der Waals surface area contributed by atoms with Gasteiger partial charge in [0.25, 0.3) is 0 Å². The van der Waals surface area contributed by atoms with Crippen LogP contribution >= 0.6 is 15.9 Å². The molecule has 3 heterocycles. The van der Waals surface area contributed by atoms with Crippen LogP contribution in [0, 0.1) is 10.1 Å². The average molecular weight is 341 g/mol. The number of aromatic nitrogens is 1. The highest BCUT2D eigenvalue weighted by molar-refractivity contribution is 9.10. The lowest BCUT2D eigenvalue weighted by atomic mass is 10.0. The Balaban J connectivity index is 1.96. The highest BCUT2D eigenvalue weighted by Crippen LogP contribution is 2.40. The summed E-state index contributed by atoms with van der Waals surface area (Å²) in [4.78, 5) is 17.0. The maximum atomic E-state index is 11.3. The van der Waals surface area contributed by atoms with Crippen LogP contribution in [0.2, 0.25) is 0 Å². The molecule has 20 heavy (non-hydrogen) atoms. The molecule has 0 spiro atoms. The van der Waals surface area contributed by atoms with E-state index in [1.54, 1.807) is 6.20 Å². The molecule has 108 valence electrons. The van der Waals surface area contributed by atoms with E-state index < -0.39 is 0 Å². The van der Waals surface area contributed by atoms with E-state index in [1.165, 1.54) is 12.6 Å². The molecule has 0 radical (unpaired) electrons. The molecule has 0 aromatic carbocycles. The van der Waals surface area contributed by atoms with Gasteiger partial charge in [0.1, 0.15) is 11.9 Å². The third-order valence-corrected chi connectivity index (χ3v) is 4.78. The van der Waals surface area contributed by atoms with Crippen LogP contribution in [0.1, 0.15) is 25.7 Å². The van der Waals surface area contributed by atoms with Crippen LogP contribution < -0.4 is 10.2 Å². The lowest BCUT2D eigenvalue weighted by Gasteiger charge is -2.31. The summed E-state index contributed by atoms with van der Waals surface area (Å²) < 4.78 is 0.705. The molecule has 2 atom stereocenters. The smallest absolute Gasteiger partial charge is 0.311 e. The molecule has 7 heteroatoms. The van der Waals surface area contributed by atoms with Crippen molar-refractivity contribution in [1.82, 2.24) is 10.3 Å². The minimum Gasteiger partial charge on any atom is -0.360 e. The van der Waals surface area contributed by atoms with Gasteiger partial charge in [0.05, 0.1) is 9.40 Å². The fourth-order valence-electron chi connectivity index (χ4n) is 3.36. The van der Waals surface area contributed by atoms with Crippen molar-refractivity contribution in [1.29, 1.82) is 0 Å². The number of rotatable bonds is 3. The van der Waals surface area contributed by atoms with Crippen molar-refractivity contribution in [3.8, 4) is 0 Å². The first kappa shape index (κ1) is 13.8. The molecule has 2 unspecified atom stereocenters. The maximum absolute atomic E-state index is 11.3. The van der Waals surface area contributed by atoms with E-state index in [9.17, 15) is 10.1 Å². The second-order valence-corrected chi connectivity index (χ2v) is 6.21. The minimum absolute atomic E-state index is 0.0873. The summed E-state index contributed by atoms with van der Waals surface area (Å²) >= 11 is 3.43. The summed E-state index contributed by atoms with van der Waals surface area (Å²) in [6.45, 7) is 1.92. The van der Waals surface area contributed by atoms with E-state index in [4.69, 9.17) is 0 Å². The Bertz CT molecular complexity index is 519. The van der Waals surface area contributed by atoms with Crippen molar-refractivity contribution >= 4 is 27.3 Å². The van der Waals surface area contributed by atoms with Gasteiger partial charge in [-0.3, -0.25) is 15.1 Å². The zero-order valence-electron chi connectivity index (χ0n) is 11.1. The predicted octanol–water partition coefficient (Wildman–Crippen LogP) is 2.47. The van der Waals surface area contributed by atoms with Crippen LogP contribution in [0.25, 0.3) is 0 Å². The quantitative estimate of drug-likeness (QED) is 0.676. The first-order chi connectivity index (χ1) is 9.68. The van der Waals surface area contributed by atoms with E-state index in [-0.39, 0.29) is 10.6 Å². The largest absolute Gasteiger partial charge is 0.360 e. The van der Waals surface area contributed by atoms with Gasteiger partial charge < -0.3 is 10.2 Å². The normalized spacial score (nSPS) is 26.1. The lowest BCUT2D eigenvalue weighted by molar-refractivity contribution is -0.384. The van der Waals surface area contributed by atoms with Gasteiger partial charge in [0.2, 0.25) is 0 Å². The van der Waals surface area contributed by atoms with Gasteiger partial charge in [-0.05, 0) is 48.2 Å². The maximum Gasteiger partial charge on any atom is 0.311 e. The predicted molar refractivity (Wildman–Crippen MR) is 80.0 cm³/mol. The molecule has 1 aromatic rings. The van der Waals surface area contributed by atoms with Crippen molar-refractivity contribution in [2.24, 2.45) is 0 Å². The van der Waals surface area contributed by atoms with Crippen LogP contribution in [-0.4, -0.2) is 35.1 Å². The summed E-state index contributed by atoms with van der Waals surface area (Å²) in [6, 6.07) is 0.784. The molecule has 1 aromatic heterocycles. The van der Waals surface area contributed by atoms with E-state index in [0.29, 0.717) is 22.2 Å². The monoisotopic (exact) mass is 340 g/mol. The van der Waals surface area contributed by atoms with Gasteiger partial charge >= 0.3 is 5.69 Å². The van der Waals surface area contributed by atoms with Crippen molar-refractivity contribution in [2.75, 3.05) is 18.0 Å². The van der Waals surface area contributed by atoms with Crippen LogP contribution in [0.3, 0.4) is 0 Å². The Morgan fingerprint density at radius 2 is 2.25 bits per heavy atom. The van der Waals surface area contributed by atoms with Crippen LogP contribution in [0.5, 0.6) is 0 Å². The van der Waals surface area contributed by atoms with E-state index in [1.807, 2.05) is 0 Å². The van der Waals surface area contributed by atoms with Gasteiger partial charge in [-0.1, -0.05) is 0 Å². The number of anilines is 1. The molecule has 1 N–H and O–H groups in total. The lowest BCUT2D eigenvalue weighted by Crippen LogP contribution is -2.44. The number of hydrogen-bond donors (Lipinski definition) is 1. The number of nitrogens with zero attached hydrogens (tertiary/aromatic N) is 3. The fraction of sp³-hybridized carbons (Fsp3) is 0.615. The van der Waals surface area contributed by atoms with Crippen LogP contribution in [0.15, 0.2) is 16.9 Å². The van der Waals surface area contributed by atoms with Gasteiger partial charge in [0, 0.05) is 24.8 Å². The molecular weight excluding hydrogens is 324 g/mol. The number of pyridine rings is 1. The van der Waals surface area contributed by atoms with Gasteiger partial charge in [-0.2, -0.15) is 0 Å². The number of nitro groups is 1. The molecule has 2 aliphatic heterocycles. The third kappa shape index (κ3) is 2.40. The van der Waals surface area contributed by atoms with E-state index >= 15 is 0 Å². The molecule has 2 aliphatic rings. The van der Waals surface area contributed by atoms with Crippen molar-refractivity contribution in [3.63, 3.8) is 0 Å². The fourth-order valence-corrected chi connectivity index (χ4v) is 3.91. The first-order valence-electron chi connectivity index (χ1n) is 6.96. The van der Waals surface area contributed by atoms with Crippen molar-refractivity contribution in [2.45, 2.75) is 37.8 Å². The Morgan fingerprint density at radius 1 is 1.40 bits per heavy atom. The van der Waals surface area contributed by atoms with Crippen LogP contribution in [-0.2, 0) is 0 Å². The second kappa shape index (κ2) is 5.65. The molecule has 2 saturated heterocycles. The van der Waals surface area contributed by atoms with Gasteiger partial charge in [-0.25, -0.2) is 0 Å². The summed E-state index contributed by atoms with van der Waals surface area (Å²) in [5.41, 5.74) is 0.769. The first-order valence-corrected chi connectivity index (χ1v) is 7.75. The second-order valence-electron chi connectivity index (χ2n) is 5.35. The Morgan fingerprint density at radius 3 is 2.95 bits per heavy atom. The molecule has 0 bridgehead atoms. The zero-order valence-corrected chi connectivity index (χ0v) is 12.7. The summed E-state index contributed by atoms with van der Waals surface area (Å²) in [5, 5.41) is 14.8. The Hall–Kier alpha value is -1.21. The average Bonchev–Trinajstić information content (AvgIpc) is 3.08. The van der Waals surface area contributed by atoms with Crippen molar-refractivity contribution < 1.29 is 4.92 Å². The van der Waals surface area contributed by atoms with E-state index in [0.717, 1.165) is 32.4 Å². The van der Waals surface area contributed by atoms with Crippen molar-refractivity contribution in [3.05, 3.63) is 27.0 Å². The standard InChI is InChI=1S/C13H17BrN4O2/c14-9-7-15-8-12(18(19)20)13(9)17-6-2-4-11(17)10-3-1-5-16-10/h7-8,10-11,16H,1-6H2. The highest BCUT2D eigenvalue weighted by atomic mass is 79.9. The Labute approximate surface area is 125 Å². The van der Waals surface area contributed by atoms with Gasteiger partial charge in [0.15, 0.2) is 0 Å². The topological polar surface area (TPSA) is 71.3 Å². The molecule has 2 fully saturated rings. The molecule has 3 rings (SSSR count). The summed E-state index contributed by atoms with van der Waals surface area (Å²) in [7, 11) is 0. The molecule has 0 aliphatic carbocycles. The minimum atomic E-state index is -0.343. The van der Waals surface area contributed by atoms with E-state index in [2.05, 4.69) is 31.1 Å². The number of nitrogens with one attached hydrogen (secondary N) is 1. The van der Waals surface area contributed by atoms with Crippen LogP contribution in [0.4, 0.5) is 11.4 Å². The molecule has 0 saturated carbocycles. The zero-order chi connectivity index (χ0) is 14.1. The summed E-state index contributed by atoms with van der Waals surface area (Å²) in [6.07, 6.45) is 7.49. The summed E-state index contributed by atoms with van der Waals surface area (Å²) in [5.74, 6) is 0. The third-order valence-electron chi connectivity index (χ3n) is 4.20. The molecule has 6 nitrogen and oxygen atoms in total. The van der Waals surface area contributed by atoms with Gasteiger partial charge in [-0.15, -0.1) is 0 Å². The highest BCUT2D eigenvalue weighted by Gasteiger charge is 2.37. The molecular formula is C13H17BrN4O2. The number of hydrogen-bond acceptors (Lipinski definition) is 5.